The summed E-state index contributed by atoms with van der Waals surface area (Å²) in [7, 11) is 0. The van der Waals surface area contributed by atoms with Crippen molar-refractivity contribution in [1.82, 2.24) is 0 Å². The summed E-state index contributed by atoms with van der Waals surface area (Å²) in [5.74, 6) is -2.59. The quantitative estimate of drug-likeness (QED) is 0.823. The highest BCUT2D eigenvalue weighted by Crippen LogP contribution is 2.19. The molecular weight excluding hydrogens is 232 g/mol. The first kappa shape index (κ1) is 12.4. The highest BCUT2D eigenvalue weighted by Gasteiger charge is 2.29. The van der Waals surface area contributed by atoms with Crippen LogP contribution in [0, 0.1) is 5.82 Å². The van der Waals surface area contributed by atoms with Crippen LogP contribution in [0.3, 0.4) is 0 Å². The molecule has 0 aliphatic heterocycles. The Bertz CT molecular complexity index is 400. The Kier molecular flexibility index (Phi) is 3.48. The van der Waals surface area contributed by atoms with Crippen molar-refractivity contribution in [1.29, 1.82) is 0 Å². The molecule has 3 nitrogen and oxygen atoms in total. The number of carboxylic acids is 1. The fourth-order valence-electron chi connectivity index (χ4n) is 0.987. The van der Waals surface area contributed by atoms with Crippen molar-refractivity contribution in [3.8, 4) is 0 Å². The van der Waals surface area contributed by atoms with Crippen molar-refractivity contribution >= 4 is 5.97 Å². The van der Waals surface area contributed by atoms with E-state index in [1.165, 1.54) is 0 Å². The SMILES string of the molecule is O=C(O)c1ccc(COC(F)(F)F)cc1F. The lowest BCUT2D eigenvalue weighted by Gasteiger charge is -2.07. The first-order valence-electron chi connectivity index (χ1n) is 4.02. The van der Waals surface area contributed by atoms with E-state index in [2.05, 4.69) is 4.74 Å². The molecule has 0 atom stereocenters. The van der Waals surface area contributed by atoms with Crippen LogP contribution in [0.15, 0.2) is 18.2 Å². The molecule has 1 N–H and O–H groups in total. The van der Waals surface area contributed by atoms with E-state index in [9.17, 15) is 22.4 Å². The maximum atomic E-state index is 13.0. The van der Waals surface area contributed by atoms with Gasteiger partial charge < -0.3 is 5.11 Å². The molecule has 88 valence electrons. The summed E-state index contributed by atoms with van der Waals surface area (Å²) < 4.78 is 51.4. The van der Waals surface area contributed by atoms with Crippen LogP contribution in [0.5, 0.6) is 0 Å². The van der Waals surface area contributed by atoms with E-state index in [0.29, 0.717) is 6.07 Å². The number of carboxylic acid groups (broad SMARTS) is 1. The van der Waals surface area contributed by atoms with E-state index in [-0.39, 0.29) is 5.56 Å². The molecule has 1 rings (SSSR count). The van der Waals surface area contributed by atoms with E-state index in [4.69, 9.17) is 5.11 Å². The Hall–Kier alpha value is -1.63. The molecule has 0 bridgehead atoms. The maximum absolute atomic E-state index is 13.0. The van der Waals surface area contributed by atoms with E-state index >= 15 is 0 Å². The average molecular weight is 238 g/mol. The molecule has 0 spiro atoms. The van der Waals surface area contributed by atoms with Crippen LogP contribution in [0.4, 0.5) is 17.6 Å². The van der Waals surface area contributed by atoms with Crippen molar-refractivity contribution in [3.05, 3.63) is 35.1 Å². The van der Waals surface area contributed by atoms with Crippen LogP contribution >= 0.6 is 0 Å². The number of ether oxygens (including phenoxy) is 1. The van der Waals surface area contributed by atoms with Crippen LogP contribution < -0.4 is 0 Å². The minimum atomic E-state index is -4.80. The average Bonchev–Trinajstić information content (AvgIpc) is 2.13. The third-order valence-corrected chi connectivity index (χ3v) is 1.67. The number of hydrogen-bond donors (Lipinski definition) is 1. The number of rotatable bonds is 3. The smallest absolute Gasteiger partial charge is 0.478 e. The molecule has 16 heavy (non-hydrogen) atoms. The fraction of sp³-hybridized carbons (Fsp3) is 0.222. The predicted molar refractivity (Wildman–Crippen MR) is 44.2 cm³/mol. The highest BCUT2D eigenvalue weighted by molar-refractivity contribution is 5.87. The van der Waals surface area contributed by atoms with Gasteiger partial charge in [-0.05, 0) is 17.7 Å². The van der Waals surface area contributed by atoms with Crippen molar-refractivity contribution in [2.24, 2.45) is 0 Å². The lowest BCUT2D eigenvalue weighted by Crippen LogP contribution is -2.13. The zero-order valence-electron chi connectivity index (χ0n) is 7.71. The Balaban J connectivity index is 2.78. The van der Waals surface area contributed by atoms with E-state index < -0.39 is 30.3 Å². The molecule has 0 unspecified atom stereocenters. The molecule has 0 radical (unpaired) electrons. The first-order valence-corrected chi connectivity index (χ1v) is 4.02. The number of halogens is 4. The largest absolute Gasteiger partial charge is 0.522 e. The lowest BCUT2D eigenvalue weighted by molar-refractivity contribution is -0.330. The van der Waals surface area contributed by atoms with Crippen LogP contribution in [-0.2, 0) is 11.3 Å². The molecule has 1 aromatic carbocycles. The van der Waals surface area contributed by atoms with Crippen molar-refractivity contribution in [2.45, 2.75) is 13.0 Å². The van der Waals surface area contributed by atoms with Gasteiger partial charge in [-0.1, -0.05) is 6.07 Å². The summed E-state index contributed by atoms with van der Waals surface area (Å²) in [6.45, 7) is -0.861. The second kappa shape index (κ2) is 4.48. The minimum absolute atomic E-state index is 0.0974. The monoisotopic (exact) mass is 238 g/mol. The standard InChI is InChI=1S/C9H6F4O3/c10-7-3-5(4-16-9(11,12)13)1-2-6(7)8(14)15/h1-3H,4H2,(H,14,15). The fourth-order valence-corrected chi connectivity index (χ4v) is 0.987. The second-order valence-electron chi connectivity index (χ2n) is 2.85. The zero-order valence-corrected chi connectivity index (χ0v) is 7.71. The van der Waals surface area contributed by atoms with Gasteiger partial charge >= 0.3 is 12.3 Å². The summed E-state index contributed by atoms with van der Waals surface area (Å²) in [4.78, 5) is 10.4. The topological polar surface area (TPSA) is 46.5 Å². The number of aromatic carboxylic acids is 1. The van der Waals surface area contributed by atoms with Gasteiger partial charge in [0, 0.05) is 0 Å². The number of benzene rings is 1. The van der Waals surface area contributed by atoms with Gasteiger partial charge in [0.15, 0.2) is 0 Å². The minimum Gasteiger partial charge on any atom is -0.478 e. The molecule has 7 heteroatoms. The number of hydrogen-bond acceptors (Lipinski definition) is 2. The van der Waals surface area contributed by atoms with E-state index in [0.717, 1.165) is 12.1 Å². The highest BCUT2D eigenvalue weighted by atomic mass is 19.4. The molecule has 0 saturated carbocycles. The Morgan fingerprint density at radius 1 is 1.38 bits per heavy atom. The van der Waals surface area contributed by atoms with Gasteiger partial charge in [0.2, 0.25) is 0 Å². The van der Waals surface area contributed by atoms with Crippen molar-refractivity contribution < 1.29 is 32.2 Å². The summed E-state index contributed by atoms with van der Waals surface area (Å²) in [6, 6.07) is 2.63. The third kappa shape index (κ3) is 3.50. The van der Waals surface area contributed by atoms with E-state index in [1.807, 2.05) is 0 Å². The lowest BCUT2D eigenvalue weighted by atomic mass is 10.1. The van der Waals surface area contributed by atoms with Crippen LogP contribution in [0.2, 0.25) is 0 Å². The number of alkyl halides is 3. The summed E-state index contributed by atoms with van der Waals surface area (Å²) >= 11 is 0. The molecule has 1 aromatic rings. The molecule has 0 aromatic heterocycles. The Morgan fingerprint density at radius 2 is 2.00 bits per heavy atom. The molecule has 0 amide bonds. The molecule has 0 aliphatic carbocycles. The Labute approximate surface area is 87.3 Å². The predicted octanol–water partition coefficient (Wildman–Crippen LogP) is 2.56. The Morgan fingerprint density at radius 3 is 2.44 bits per heavy atom. The summed E-state index contributed by atoms with van der Waals surface area (Å²) in [6.07, 6.45) is -4.80. The van der Waals surface area contributed by atoms with Gasteiger partial charge in [-0.3, -0.25) is 4.74 Å². The van der Waals surface area contributed by atoms with Crippen molar-refractivity contribution in [3.63, 3.8) is 0 Å². The molecule has 0 fully saturated rings. The maximum Gasteiger partial charge on any atom is 0.522 e. The normalized spacial score (nSPS) is 11.5. The molecule has 0 heterocycles. The number of carbonyl (C=O) groups is 1. The summed E-state index contributed by atoms with van der Waals surface area (Å²) in [5, 5.41) is 8.46. The molecule has 0 aliphatic rings. The van der Waals surface area contributed by atoms with Crippen molar-refractivity contribution in [2.75, 3.05) is 0 Å². The molecule has 0 saturated heterocycles. The third-order valence-electron chi connectivity index (χ3n) is 1.67. The molecular formula is C9H6F4O3. The van der Waals surface area contributed by atoms with Gasteiger partial charge in [-0.25, -0.2) is 9.18 Å². The second-order valence-corrected chi connectivity index (χ2v) is 2.85. The van der Waals surface area contributed by atoms with E-state index in [1.54, 1.807) is 0 Å². The van der Waals surface area contributed by atoms with Gasteiger partial charge in [-0.2, -0.15) is 0 Å². The zero-order chi connectivity index (χ0) is 12.3. The van der Waals surface area contributed by atoms with Gasteiger partial charge in [0.1, 0.15) is 5.82 Å². The van der Waals surface area contributed by atoms with Crippen LogP contribution in [0.25, 0.3) is 0 Å². The van der Waals surface area contributed by atoms with Gasteiger partial charge in [-0.15, -0.1) is 13.2 Å². The van der Waals surface area contributed by atoms with Gasteiger partial charge in [0.05, 0.1) is 12.2 Å². The summed E-state index contributed by atoms with van der Waals surface area (Å²) in [5.41, 5.74) is -0.699. The van der Waals surface area contributed by atoms with Gasteiger partial charge in [0.25, 0.3) is 0 Å². The van der Waals surface area contributed by atoms with Crippen LogP contribution in [0.1, 0.15) is 15.9 Å². The van der Waals surface area contributed by atoms with Crippen LogP contribution in [-0.4, -0.2) is 17.4 Å². The first-order chi connectivity index (χ1) is 7.29.